The van der Waals surface area contributed by atoms with Crippen molar-refractivity contribution in [1.82, 2.24) is 4.42 Å². The molecule has 0 atom stereocenters. The molecule has 0 aromatic carbocycles. The lowest BCUT2D eigenvalue weighted by atomic mass is 11.1. The van der Waals surface area contributed by atoms with Gasteiger partial charge < -0.3 is 5.11 Å². The molecule has 0 aliphatic rings. The Balaban J connectivity index is 3.34. The number of rotatable bonds is 1. The Morgan fingerprint density at radius 3 is 2.29 bits per heavy atom. The van der Waals surface area contributed by atoms with Crippen LogP contribution in [0.1, 0.15) is 0 Å². The molecule has 0 aromatic heterocycles. The normalized spacial score (nSPS) is 8.29. The van der Waals surface area contributed by atoms with Crippen molar-refractivity contribution < 1.29 is 9.90 Å². The second-order valence-electron chi connectivity index (χ2n) is 0.764. The van der Waals surface area contributed by atoms with Crippen LogP contribution in [0.3, 0.4) is 0 Å². The number of halogens is 2. The van der Waals surface area contributed by atoms with Gasteiger partial charge in [-0.15, -0.1) is 11.6 Å². The van der Waals surface area contributed by atoms with Crippen molar-refractivity contribution in [2.75, 3.05) is 6.00 Å². The monoisotopic (exact) mass is 143 g/mol. The molecule has 1 N–H and O–H groups in total. The van der Waals surface area contributed by atoms with E-state index in [-0.39, 0.29) is 6.00 Å². The van der Waals surface area contributed by atoms with Crippen LogP contribution in [0.4, 0.5) is 4.79 Å². The van der Waals surface area contributed by atoms with E-state index < -0.39 is 6.09 Å². The molecule has 3 nitrogen and oxygen atoms in total. The lowest BCUT2D eigenvalue weighted by Gasteiger charge is -2.00. The number of amides is 1. The maximum atomic E-state index is 9.64. The van der Waals surface area contributed by atoms with Crippen LogP contribution < -0.4 is 0 Å². The Morgan fingerprint density at radius 1 is 1.86 bits per heavy atom. The molecule has 7 heavy (non-hydrogen) atoms. The van der Waals surface area contributed by atoms with Gasteiger partial charge in [0, 0.05) is 11.8 Å². The zero-order valence-corrected chi connectivity index (χ0v) is 4.78. The van der Waals surface area contributed by atoms with Gasteiger partial charge in [-0.3, -0.25) is 0 Å². The van der Waals surface area contributed by atoms with E-state index in [9.17, 15) is 4.79 Å². The standard InChI is InChI=1S/C2H3Cl2NO2/c3-1-5(4)2(6)7/h1H2,(H,6,7). The topological polar surface area (TPSA) is 40.5 Å². The van der Waals surface area contributed by atoms with Gasteiger partial charge in [-0.25, -0.2) is 9.21 Å². The van der Waals surface area contributed by atoms with Gasteiger partial charge in [0.25, 0.3) is 0 Å². The quantitative estimate of drug-likeness (QED) is 0.342. The molecule has 0 unspecified atom stereocenters. The SMILES string of the molecule is O=C(O)N(Cl)CCl. The molecule has 5 heteroatoms. The smallest absolute Gasteiger partial charge is 0.423 e. The Hall–Kier alpha value is -0.150. The first-order valence-electron chi connectivity index (χ1n) is 1.40. The van der Waals surface area contributed by atoms with Crippen molar-refractivity contribution in [3.05, 3.63) is 0 Å². The van der Waals surface area contributed by atoms with Crippen molar-refractivity contribution in [1.29, 1.82) is 0 Å². The summed E-state index contributed by atoms with van der Waals surface area (Å²) in [6.45, 7) is 0. The first-order chi connectivity index (χ1) is 3.18. The summed E-state index contributed by atoms with van der Waals surface area (Å²) < 4.78 is 0.446. The van der Waals surface area contributed by atoms with Crippen molar-refractivity contribution in [2.24, 2.45) is 0 Å². The van der Waals surface area contributed by atoms with Crippen molar-refractivity contribution in [3.63, 3.8) is 0 Å². The summed E-state index contributed by atoms with van der Waals surface area (Å²) in [5.41, 5.74) is 0. The number of alkyl halides is 1. The zero-order chi connectivity index (χ0) is 5.86. The van der Waals surface area contributed by atoms with Gasteiger partial charge in [-0.1, -0.05) is 0 Å². The van der Waals surface area contributed by atoms with Crippen molar-refractivity contribution in [2.45, 2.75) is 0 Å². The third kappa shape index (κ3) is 2.53. The summed E-state index contributed by atoms with van der Waals surface area (Å²) in [4.78, 5) is 9.64. The summed E-state index contributed by atoms with van der Waals surface area (Å²) in [5.74, 6) is 0. The van der Waals surface area contributed by atoms with E-state index in [1.165, 1.54) is 0 Å². The minimum atomic E-state index is -1.24. The van der Waals surface area contributed by atoms with E-state index >= 15 is 0 Å². The molecule has 0 aromatic rings. The van der Waals surface area contributed by atoms with E-state index in [4.69, 9.17) is 28.5 Å². The van der Waals surface area contributed by atoms with Gasteiger partial charge in [-0.2, -0.15) is 0 Å². The van der Waals surface area contributed by atoms with Crippen LogP contribution in [0, 0.1) is 0 Å². The predicted molar refractivity (Wildman–Crippen MR) is 26.4 cm³/mol. The summed E-state index contributed by atoms with van der Waals surface area (Å²) in [6, 6.07) is -0.211. The molecule has 42 valence electrons. The van der Waals surface area contributed by atoms with Crippen LogP contribution in [0.25, 0.3) is 0 Å². The van der Waals surface area contributed by atoms with Crippen LogP contribution in [-0.2, 0) is 0 Å². The Morgan fingerprint density at radius 2 is 2.29 bits per heavy atom. The van der Waals surface area contributed by atoms with Gasteiger partial charge >= 0.3 is 6.09 Å². The molecule has 0 rings (SSSR count). The van der Waals surface area contributed by atoms with Crippen molar-refractivity contribution in [3.8, 4) is 0 Å². The molecular formula is C2H3Cl2NO2. The zero-order valence-electron chi connectivity index (χ0n) is 3.27. The maximum absolute atomic E-state index is 9.64. The maximum Gasteiger partial charge on any atom is 0.423 e. The second kappa shape index (κ2) is 2.93. The fourth-order valence-electron chi connectivity index (χ4n) is 0.0511. The number of carbonyl (C=O) groups is 1. The average Bonchev–Trinajstić information content (AvgIpc) is 1.65. The van der Waals surface area contributed by atoms with Gasteiger partial charge in [-0.05, 0) is 0 Å². The van der Waals surface area contributed by atoms with Gasteiger partial charge in [0.2, 0.25) is 0 Å². The minimum Gasteiger partial charge on any atom is -0.464 e. The molecular weight excluding hydrogens is 141 g/mol. The fourth-order valence-corrected chi connectivity index (χ4v) is 0.153. The van der Waals surface area contributed by atoms with E-state index in [1.54, 1.807) is 0 Å². The van der Waals surface area contributed by atoms with Gasteiger partial charge in [0.15, 0.2) is 0 Å². The highest BCUT2D eigenvalue weighted by Crippen LogP contribution is 1.94. The summed E-state index contributed by atoms with van der Waals surface area (Å²) in [7, 11) is 0. The number of hydrogen-bond donors (Lipinski definition) is 1. The van der Waals surface area contributed by atoms with Crippen molar-refractivity contribution >= 4 is 29.5 Å². The lowest BCUT2D eigenvalue weighted by Crippen LogP contribution is -2.16. The first kappa shape index (κ1) is 6.85. The summed E-state index contributed by atoms with van der Waals surface area (Å²) in [6.07, 6.45) is -1.24. The molecule has 0 saturated carbocycles. The largest absolute Gasteiger partial charge is 0.464 e. The molecule has 0 saturated heterocycles. The highest BCUT2D eigenvalue weighted by molar-refractivity contribution is 6.26. The minimum absolute atomic E-state index is 0.211. The van der Waals surface area contributed by atoms with Gasteiger partial charge in [0.05, 0.1) is 0 Å². The van der Waals surface area contributed by atoms with E-state index in [0.29, 0.717) is 4.42 Å². The van der Waals surface area contributed by atoms with E-state index in [0.717, 1.165) is 0 Å². The summed E-state index contributed by atoms with van der Waals surface area (Å²) >= 11 is 9.86. The van der Waals surface area contributed by atoms with Crippen LogP contribution in [0.5, 0.6) is 0 Å². The molecule has 0 radical (unpaired) electrons. The Kier molecular flexibility index (Phi) is 2.87. The average molecular weight is 144 g/mol. The van der Waals surface area contributed by atoms with Crippen LogP contribution in [0.2, 0.25) is 0 Å². The molecule has 0 spiro atoms. The highest BCUT2D eigenvalue weighted by Gasteiger charge is 2.02. The molecule has 0 aliphatic heterocycles. The van der Waals surface area contributed by atoms with Crippen LogP contribution >= 0.6 is 23.4 Å². The first-order valence-corrected chi connectivity index (χ1v) is 2.28. The van der Waals surface area contributed by atoms with E-state index in [2.05, 4.69) is 0 Å². The second-order valence-corrected chi connectivity index (χ2v) is 1.41. The van der Waals surface area contributed by atoms with E-state index in [1.807, 2.05) is 0 Å². The molecule has 1 amide bonds. The number of hydrogen-bond acceptors (Lipinski definition) is 1. The fraction of sp³-hybridized carbons (Fsp3) is 0.500. The van der Waals surface area contributed by atoms with Crippen LogP contribution in [-0.4, -0.2) is 21.6 Å². The summed E-state index contributed by atoms with van der Waals surface area (Å²) in [5, 5.41) is 7.89. The molecule has 0 aliphatic carbocycles. The lowest BCUT2D eigenvalue weighted by molar-refractivity contribution is 0.177. The molecule has 0 fully saturated rings. The third-order valence-corrected chi connectivity index (χ3v) is 0.938. The number of nitrogens with zero attached hydrogens (tertiary/aromatic N) is 1. The number of carboxylic acid groups (broad SMARTS) is 1. The Bertz CT molecular complexity index is 76.1. The third-order valence-electron chi connectivity index (χ3n) is 0.312. The van der Waals surface area contributed by atoms with Crippen LogP contribution in [0.15, 0.2) is 0 Å². The molecule has 0 heterocycles. The van der Waals surface area contributed by atoms with Gasteiger partial charge in [0.1, 0.15) is 6.00 Å². The molecule has 0 bridgehead atoms. The predicted octanol–water partition coefficient (Wildman–Crippen LogP) is 1.32. The highest BCUT2D eigenvalue weighted by atomic mass is 35.5. The Labute approximate surface area is 50.5 Å².